The lowest BCUT2D eigenvalue weighted by Gasteiger charge is -2.04. The third kappa shape index (κ3) is 5.30. The van der Waals surface area contributed by atoms with Crippen molar-refractivity contribution >= 4 is 23.8 Å². The molecule has 0 aliphatic heterocycles. The summed E-state index contributed by atoms with van der Waals surface area (Å²) < 4.78 is 5.23. The van der Waals surface area contributed by atoms with Crippen molar-refractivity contribution in [2.45, 2.75) is 0 Å². The van der Waals surface area contributed by atoms with Gasteiger partial charge in [0.05, 0.1) is 16.7 Å². The minimum Gasteiger partial charge on any atom is -0.423 e. The quantitative estimate of drug-likeness (QED) is 0.227. The van der Waals surface area contributed by atoms with Crippen LogP contribution in [0.3, 0.4) is 0 Å². The van der Waals surface area contributed by atoms with Crippen molar-refractivity contribution < 1.29 is 19.2 Å². The Hall–Kier alpha value is -4.40. The molecule has 0 saturated heterocycles. The van der Waals surface area contributed by atoms with Crippen LogP contribution in [-0.2, 0) is 0 Å². The van der Waals surface area contributed by atoms with Crippen LogP contribution >= 0.6 is 0 Å². The van der Waals surface area contributed by atoms with E-state index in [4.69, 9.17) is 4.74 Å². The lowest BCUT2D eigenvalue weighted by Crippen LogP contribution is -2.18. The first kappa shape index (κ1) is 19.4. The van der Waals surface area contributed by atoms with Crippen molar-refractivity contribution in [3.63, 3.8) is 0 Å². The molecule has 0 radical (unpaired) electrons. The Morgan fingerprint density at radius 2 is 1.76 bits per heavy atom. The van der Waals surface area contributed by atoms with E-state index in [0.717, 1.165) is 0 Å². The number of hydrogen-bond donors (Lipinski definition) is 1. The molecule has 3 aromatic rings. The van der Waals surface area contributed by atoms with E-state index in [2.05, 4.69) is 15.5 Å². The van der Waals surface area contributed by atoms with Crippen molar-refractivity contribution in [1.82, 2.24) is 10.4 Å². The number of amides is 1. The van der Waals surface area contributed by atoms with Gasteiger partial charge in [0.1, 0.15) is 11.4 Å². The number of carbonyl (C=O) groups excluding carboxylic acids is 2. The molecule has 0 bridgehead atoms. The second kappa shape index (κ2) is 9.00. The number of rotatable bonds is 6. The average Bonchev–Trinajstić information content (AvgIpc) is 2.75. The summed E-state index contributed by atoms with van der Waals surface area (Å²) in [5, 5.41) is 14.5. The molecule has 29 heavy (non-hydrogen) atoms. The van der Waals surface area contributed by atoms with Gasteiger partial charge >= 0.3 is 5.97 Å². The number of benzene rings is 2. The summed E-state index contributed by atoms with van der Waals surface area (Å²) in [6.45, 7) is 0. The largest absolute Gasteiger partial charge is 0.423 e. The normalized spacial score (nSPS) is 10.5. The molecule has 1 heterocycles. The highest BCUT2D eigenvalue weighted by atomic mass is 16.6. The van der Waals surface area contributed by atoms with Crippen LogP contribution in [0.2, 0.25) is 0 Å². The highest BCUT2D eigenvalue weighted by Crippen LogP contribution is 2.16. The summed E-state index contributed by atoms with van der Waals surface area (Å²) in [6.07, 6.45) is 2.94. The maximum atomic E-state index is 12.1. The first-order valence-electron chi connectivity index (χ1n) is 8.34. The molecule has 1 N–H and O–H groups in total. The molecule has 0 fully saturated rings. The molecule has 0 aliphatic carbocycles. The number of esters is 1. The van der Waals surface area contributed by atoms with Crippen LogP contribution in [0, 0.1) is 10.1 Å². The predicted molar refractivity (Wildman–Crippen MR) is 104 cm³/mol. The number of nitro groups is 1. The summed E-state index contributed by atoms with van der Waals surface area (Å²) in [4.78, 5) is 37.9. The van der Waals surface area contributed by atoms with Gasteiger partial charge in [-0.05, 0) is 54.1 Å². The van der Waals surface area contributed by atoms with Gasteiger partial charge in [0.15, 0.2) is 0 Å². The first-order valence-corrected chi connectivity index (χ1v) is 8.34. The Bertz CT molecular complexity index is 1050. The second-order valence-electron chi connectivity index (χ2n) is 5.68. The molecule has 2 aromatic carbocycles. The maximum absolute atomic E-state index is 12.1. The van der Waals surface area contributed by atoms with E-state index in [0.29, 0.717) is 11.3 Å². The fraction of sp³-hybridized carbons (Fsp3) is 0. The monoisotopic (exact) mass is 390 g/mol. The summed E-state index contributed by atoms with van der Waals surface area (Å²) in [5.74, 6) is -0.775. The zero-order chi connectivity index (χ0) is 20.6. The van der Waals surface area contributed by atoms with Crippen LogP contribution in [0.4, 0.5) is 5.69 Å². The molecule has 144 valence electrons. The fourth-order valence-corrected chi connectivity index (χ4v) is 2.23. The number of carbonyl (C=O) groups is 2. The maximum Gasteiger partial charge on any atom is 0.343 e. The summed E-state index contributed by atoms with van der Waals surface area (Å²) in [5.41, 5.74) is 3.36. The molecule has 3 rings (SSSR count). The summed E-state index contributed by atoms with van der Waals surface area (Å²) >= 11 is 0. The number of ether oxygens (including phenoxy) is 1. The Morgan fingerprint density at radius 1 is 1.03 bits per heavy atom. The molecule has 9 nitrogen and oxygen atoms in total. The molecule has 9 heteroatoms. The van der Waals surface area contributed by atoms with Gasteiger partial charge in [-0.15, -0.1) is 0 Å². The number of pyridine rings is 1. The van der Waals surface area contributed by atoms with Crippen LogP contribution in [0.1, 0.15) is 26.4 Å². The number of hydrazone groups is 1. The van der Waals surface area contributed by atoms with Crippen LogP contribution in [0.5, 0.6) is 5.75 Å². The van der Waals surface area contributed by atoms with Crippen molar-refractivity contribution in [2.75, 3.05) is 0 Å². The van der Waals surface area contributed by atoms with E-state index in [1.165, 1.54) is 36.7 Å². The SMILES string of the molecule is O=C(Oc1ccc(/C=N/NC(=O)c2ccccn2)cc1)c1ccc([N+](=O)[O-])cc1. The molecule has 0 saturated carbocycles. The van der Waals surface area contributed by atoms with E-state index < -0.39 is 16.8 Å². The van der Waals surface area contributed by atoms with Crippen LogP contribution in [0.25, 0.3) is 0 Å². The van der Waals surface area contributed by atoms with Crippen molar-refractivity contribution in [3.05, 3.63) is 99.9 Å². The average molecular weight is 390 g/mol. The van der Waals surface area contributed by atoms with E-state index in [-0.39, 0.29) is 16.9 Å². The van der Waals surface area contributed by atoms with Gasteiger partial charge in [-0.25, -0.2) is 10.2 Å². The second-order valence-corrected chi connectivity index (χ2v) is 5.68. The number of nitrogens with one attached hydrogen (secondary N) is 1. The van der Waals surface area contributed by atoms with Crippen LogP contribution in [-0.4, -0.2) is 28.0 Å². The van der Waals surface area contributed by atoms with Gasteiger partial charge in [0.2, 0.25) is 0 Å². The van der Waals surface area contributed by atoms with Gasteiger partial charge in [-0.1, -0.05) is 6.07 Å². The Kier molecular flexibility index (Phi) is 6.01. The Labute approximate surface area is 164 Å². The highest BCUT2D eigenvalue weighted by molar-refractivity contribution is 5.93. The van der Waals surface area contributed by atoms with Gasteiger partial charge in [-0.3, -0.25) is 19.9 Å². The third-order valence-corrected chi connectivity index (χ3v) is 3.68. The smallest absolute Gasteiger partial charge is 0.343 e. The summed E-state index contributed by atoms with van der Waals surface area (Å²) in [6, 6.07) is 16.5. The highest BCUT2D eigenvalue weighted by Gasteiger charge is 2.11. The van der Waals surface area contributed by atoms with Gasteiger partial charge < -0.3 is 4.74 Å². The molecule has 0 atom stereocenters. The molecule has 0 aliphatic rings. The van der Waals surface area contributed by atoms with E-state index in [1.807, 2.05) is 0 Å². The zero-order valence-electron chi connectivity index (χ0n) is 14.9. The molecule has 0 spiro atoms. The minimum atomic E-state index is -0.635. The van der Waals surface area contributed by atoms with E-state index in [1.54, 1.807) is 42.5 Å². The number of non-ortho nitro benzene ring substituents is 1. The van der Waals surface area contributed by atoms with Crippen molar-refractivity contribution in [1.29, 1.82) is 0 Å². The van der Waals surface area contributed by atoms with E-state index >= 15 is 0 Å². The van der Waals surface area contributed by atoms with Crippen LogP contribution in [0.15, 0.2) is 78.0 Å². The molecular weight excluding hydrogens is 376 g/mol. The van der Waals surface area contributed by atoms with Crippen LogP contribution < -0.4 is 10.2 Å². The molecule has 1 amide bonds. The van der Waals surface area contributed by atoms with Crippen molar-refractivity contribution in [3.8, 4) is 5.75 Å². The number of aromatic nitrogens is 1. The van der Waals surface area contributed by atoms with Gasteiger partial charge in [0.25, 0.3) is 11.6 Å². The molecule has 1 aromatic heterocycles. The molecular formula is C20H14N4O5. The number of nitro benzene ring substituents is 1. The minimum absolute atomic E-state index is 0.111. The lowest BCUT2D eigenvalue weighted by molar-refractivity contribution is -0.384. The molecule has 0 unspecified atom stereocenters. The van der Waals surface area contributed by atoms with Crippen molar-refractivity contribution in [2.24, 2.45) is 5.10 Å². The standard InChI is InChI=1S/C20H14N4O5/c25-19(18-3-1-2-12-21-18)23-22-13-14-4-10-17(11-5-14)29-20(26)15-6-8-16(9-7-15)24(27)28/h1-13H,(H,23,25)/b22-13+. The Balaban J connectivity index is 1.56. The predicted octanol–water partition coefficient (Wildman–Crippen LogP) is 2.97. The first-order chi connectivity index (χ1) is 14.0. The van der Waals surface area contributed by atoms with E-state index in [9.17, 15) is 19.7 Å². The fourth-order valence-electron chi connectivity index (χ4n) is 2.23. The topological polar surface area (TPSA) is 124 Å². The summed E-state index contributed by atoms with van der Waals surface area (Å²) in [7, 11) is 0. The number of nitrogens with zero attached hydrogens (tertiary/aromatic N) is 3. The Morgan fingerprint density at radius 3 is 2.38 bits per heavy atom. The zero-order valence-corrected chi connectivity index (χ0v) is 14.9. The third-order valence-electron chi connectivity index (χ3n) is 3.68. The lowest BCUT2D eigenvalue weighted by atomic mass is 10.2. The van der Waals surface area contributed by atoms with Gasteiger partial charge in [0, 0.05) is 18.3 Å². The van der Waals surface area contributed by atoms with Gasteiger partial charge in [-0.2, -0.15) is 5.10 Å². The number of hydrogen-bond acceptors (Lipinski definition) is 7.